The van der Waals surface area contributed by atoms with Crippen molar-refractivity contribution in [1.29, 1.82) is 0 Å². The van der Waals surface area contributed by atoms with E-state index in [4.69, 9.17) is 14.2 Å². The first-order valence-corrected chi connectivity index (χ1v) is 9.52. The van der Waals surface area contributed by atoms with Crippen molar-refractivity contribution in [2.75, 3.05) is 20.8 Å². The maximum absolute atomic E-state index is 12.6. The number of rotatable bonds is 7. The highest BCUT2D eigenvalue weighted by atomic mass is 16.5. The minimum Gasteiger partial charge on any atom is -0.493 e. The van der Waals surface area contributed by atoms with Crippen molar-refractivity contribution >= 4 is 11.9 Å². The monoisotopic (exact) mass is 373 g/mol. The number of carbonyl (C=O) groups excluding carboxylic acids is 2. The molecule has 0 unspecified atom stereocenters. The number of carbonyl (C=O) groups is 2. The van der Waals surface area contributed by atoms with E-state index in [1.54, 1.807) is 24.1 Å². The fourth-order valence-corrected chi connectivity index (χ4v) is 3.91. The predicted molar refractivity (Wildman–Crippen MR) is 100 cm³/mol. The average molecular weight is 373 g/mol. The normalized spacial score (nSPS) is 18.8. The third kappa shape index (κ3) is 4.62. The minimum absolute atomic E-state index is 0.217. The van der Waals surface area contributed by atoms with E-state index >= 15 is 0 Å². The zero-order valence-corrected chi connectivity index (χ0v) is 16.0. The van der Waals surface area contributed by atoms with Gasteiger partial charge in [0.05, 0.1) is 20.8 Å². The van der Waals surface area contributed by atoms with Gasteiger partial charge in [0.25, 0.3) is 5.91 Å². The molecule has 6 nitrogen and oxygen atoms in total. The lowest BCUT2D eigenvalue weighted by atomic mass is 9.84. The van der Waals surface area contributed by atoms with Gasteiger partial charge in [-0.2, -0.15) is 0 Å². The molecule has 1 amide bonds. The average Bonchev–Trinajstić information content (AvgIpc) is 3.06. The quantitative estimate of drug-likeness (QED) is 0.686. The molecule has 1 fully saturated rings. The number of nitrogens with zero attached hydrogens (tertiary/aromatic N) is 1. The van der Waals surface area contributed by atoms with E-state index in [1.807, 2.05) is 12.1 Å². The summed E-state index contributed by atoms with van der Waals surface area (Å²) in [4.78, 5) is 26.5. The molecule has 0 radical (unpaired) electrons. The Hall–Kier alpha value is -2.50. The van der Waals surface area contributed by atoms with Crippen molar-refractivity contribution in [2.45, 2.75) is 44.6 Å². The first-order valence-electron chi connectivity index (χ1n) is 9.52. The van der Waals surface area contributed by atoms with E-state index in [0.29, 0.717) is 29.6 Å². The molecule has 0 bridgehead atoms. The van der Waals surface area contributed by atoms with Gasteiger partial charge in [0.1, 0.15) is 11.8 Å². The Balaban J connectivity index is 1.70. The van der Waals surface area contributed by atoms with Crippen LogP contribution in [0.25, 0.3) is 0 Å². The first kappa shape index (κ1) is 19.3. The maximum atomic E-state index is 12.6. The van der Waals surface area contributed by atoms with E-state index in [2.05, 4.69) is 0 Å². The van der Waals surface area contributed by atoms with Crippen LogP contribution in [-0.4, -0.2) is 43.6 Å². The van der Waals surface area contributed by atoms with Crippen LogP contribution >= 0.6 is 0 Å². The zero-order chi connectivity index (χ0) is 19.2. The minimum atomic E-state index is -0.569. The Morgan fingerprint density at radius 3 is 2.52 bits per heavy atom. The molecule has 1 aliphatic heterocycles. The molecular formula is C21H27NO5. The third-order valence-corrected chi connectivity index (χ3v) is 5.33. The number of amides is 1. The number of hydrogen-bond donors (Lipinski definition) is 0. The van der Waals surface area contributed by atoms with Crippen LogP contribution in [0.2, 0.25) is 0 Å². The zero-order valence-electron chi connectivity index (χ0n) is 16.0. The Kier molecular flexibility index (Phi) is 6.37. The van der Waals surface area contributed by atoms with Gasteiger partial charge in [-0.3, -0.25) is 4.79 Å². The highest BCUT2D eigenvalue weighted by molar-refractivity contribution is 5.94. The highest BCUT2D eigenvalue weighted by Crippen LogP contribution is 2.32. The number of esters is 1. The fraction of sp³-hybridized carbons (Fsp3) is 0.524. The van der Waals surface area contributed by atoms with Crippen LogP contribution in [0, 0.1) is 5.92 Å². The van der Waals surface area contributed by atoms with Crippen molar-refractivity contribution in [3.05, 3.63) is 36.1 Å². The summed E-state index contributed by atoms with van der Waals surface area (Å²) in [5, 5.41) is 0. The molecule has 1 aromatic rings. The number of ether oxygens (including phenoxy) is 3. The Morgan fingerprint density at radius 2 is 1.85 bits per heavy atom. The van der Waals surface area contributed by atoms with E-state index in [1.165, 1.54) is 32.4 Å². The van der Waals surface area contributed by atoms with Crippen molar-refractivity contribution in [1.82, 2.24) is 4.90 Å². The number of hydrogen-bond acceptors (Lipinski definition) is 5. The lowest BCUT2D eigenvalue weighted by Crippen LogP contribution is -2.44. The Labute approximate surface area is 160 Å². The van der Waals surface area contributed by atoms with E-state index < -0.39 is 6.04 Å². The molecule has 146 valence electrons. The van der Waals surface area contributed by atoms with Gasteiger partial charge in [-0.05, 0) is 24.5 Å². The van der Waals surface area contributed by atoms with Gasteiger partial charge in [0.15, 0.2) is 11.5 Å². The molecule has 27 heavy (non-hydrogen) atoms. The lowest BCUT2D eigenvalue weighted by molar-refractivity contribution is -0.151. The van der Waals surface area contributed by atoms with Gasteiger partial charge < -0.3 is 19.1 Å². The molecule has 1 saturated carbocycles. The predicted octanol–water partition coefficient (Wildman–Crippen LogP) is 3.31. The summed E-state index contributed by atoms with van der Waals surface area (Å²) in [5.41, 5.74) is 0. The van der Waals surface area contributed by atoms with Gasteiger partial charge in [-0.1, -0.05) is 44.2 Å². The van der Waals surface area contributed by atoms with E-state index in [-0.39, 0.29) is 18.4 Å². The summed E-state index contributed by atoms with van der Waals surface area (Å²) < 4.78 is 16.1. The Bertz CT molecular complexity index is 708. The van der Waals surface area contributed by atoms with Crippen LogP contribution in [-0.2, 0) is 14.3 Å². The largest absolute Gasteiger partial charge is 0.493 e. The fourth-order valence-electron chi connectivity index (χ4n) is 3.91. The van der Waals surface area contributed by atoms with Crippen LogP contribution < -0.4 is 9.47 Å². The van der Waals surface area contributed by atoms with Crippen LogP contribution in [0.1, 0.15) is 38.5 Å². The molecule has 0 saturated heterocycles. The second-order valence-electron chi connectivity index (χ2n) is 7.11. The van der Waals surface area contributed by atoms with Crippen molar-refractivity contribution in [3.63, 3.8) is 0 Å². The van der Waals surface area contributed by atoms with Gasteiger partial charge in [0, 0.05) is 6.08 Å². The molecule has 1 aromatic carbocycles. The smallest absolute Gasteiger partial charge is 0.328 e. The van der Waals surface area contributed by atoms with Crippen LogP contribution in [0.4, 0.5) is 0 Å². The molecule has 0 N–H and O–H groups in total. The van der Waals surface area contributed by atoms with E-state index in [9.17, 15) is 9.59 Å². The molecular weight excluding hydrogens is 346 g/mol. The summed E-state index contributed by atoms with van der Waals surface area (Å²) in [6.45, 7) is 0.253. The van der Waals surface area contributed by atoms with Crippen LogP contribution in [0.15, 0.2) is 36.1 Å². The van der Waals surface area contributed by atoms with Gasteiger partial charge in [-0.25, -0.2) is 4.79 Å². The topological polar surface area (TPSA) is 65.1 Å². The van der Waals surface area contributed by atoms with Crippen molar-refractivity contribution in [2.24, 2.45) is 5.92 Å². The maximum Gasteiger partial charge on any atom is 0.328 e. The van der Waals surface area contributed by atoms with Crippen molar-refractivity contribution < 1.29 is 23.8 Å². The van der Waals surface area contributed by atoms with E-state index in [0.717, 1.165) is 12.8 Å². The molecule has 1 atom stereocenters. The standard InChI is InChI=1S/C21H27NO5/c1-25-18-10-6-7-11-19(18)27-16-13-20(23)22(14-16)17(21(24)26-2)12-15-8-4-3-5-9-15/h6-7,10-11,13,15,17H,3-5,8-9,12,14H2,1-2H3/t17-/m0/s1. The molecule has 2 aliphatic rings. The third-order valence-electron chi connectivity index (χ3n) is 5.33. The molecule has 0 spiro atoms. The number of para-hydroxylation sites is 2. The second-order valence-corrected chi connectivity index (χ2v) is 7.11. The van der Waals surface area contributed by atoms with Gasteiger partial charge in [-0.15, -0.1) is 0 Å². The molecule has 6 heteroatoms. The molecule has 1 heterocycles. The summed E-state index contributed by atoms with van der Waals surface area (Å²) in [6.07, 6.45) is 7.93. The second kappa shape index (κ2) is 8.93. The molecule has 1 aliphatic carbocycles. The SMILES string of the molecule is COC(=O)[C@H](CC1CCCCC1)N1CC(Oc2ccccc2OC)=CC1=O. The highest BCUT2D eigenvalue weighted by Gasteiger charge is 2.36. The van der Waals surface area contributed by atoms with Gasteiger partial charge in [0.2, 0.25) is 0 Å². The summed E-state index contributed by atoms with van der Waals surface area (Å²) in [7, 11) is 2.94. The van der Waals surface area contributed by atoms with Gasteiger partial charge >= 0.3 is 5.97 Å². The number of methoxy groups -OCH3 is 2. The number of benzene rings is 1. The molecule has 3 rings (SSSR count). The van der Waals surface area contributed by atoms with Crippen LogP contribution in [0.3, 0.4) is 0 Å². The lowest BCUT2D eigenvalue weighted by Gasteiger charge is -2.30. The first-order chi connectivity index (χ1) is 13.1. The van der Waals surface area contributed by atoms with Crippen molar-refractivity contribution in [3.8, 4) is 11.5 Å². The Morgan fingerprint density at radius 1 is 1.15 bits per heavy atom. The van der Waals surface area contributed by atoms with Crippen LogP contribution in [0.5, 0.6) is 11.5 Å². The summed E-state index contributed by atoms with van der Waals surface area (Å²) >= 11 is 0. The molecule has 0 aromatic heterocycles. The summed E-state index contributed by atoms with van der Waals surface area (Å²) in [5.74, 6) is 1.52. The summed E-state index contributed by atoms with van der Waals surface area (Å²) in [6, 6.07) is 6.70.